The molecule has 1 fully saturated rings. The fourth-order valence-corrected chi connectivity index (χ4v) is 1.73. The van der Waals surface area contributed by atoms with E-state index >= 15 is 0 Å². The Hall–Kier alpha value is 0.220. The van der Waals surface area contributed by atoms with Crippen LogP contribution in [0.1, 0.15) is 0 Å². The van der Waals surface area contributed by atoms with Gasteiger partial charge in [-0.3, -0.25) is 8.37 Å². The third-order valence-electron chi connectivity index (χ3n) is 0.554. The van der Waals surface area contributed by atoms with Crippen molar-refractivity contribution in [3.05, 3.63) is 0 Å². The minimum atomic E-state index is -1.73. The molecule has 0 aromatic carbocycles. The highest BCUT2D eigenvalue weighted by Gasteiger charge is 2.16. The van der Waals surface area contributed by atoms with Crippen LogP contribution < -0.4 is 0 Å². The van der Waals surface area contributed by atoms with Gasteiger partial charge < -0.3 is 0 Å². The second-order valence-electron chi connectivity index (χ2n) is 1.05. The van der Waals surface area contributed by atoms with E-state index in [4.69, 9.17) is 0 Å². The van der Waals surface area contributed by atoms with Gasteiger partial charge in [-0.05, 0) is 0 Å². The molecule has 0 amide bonds. The van der Waals surface area contributed by atoms with Gasteiger partial charge in [0.2, 0.25) is 0 Å². The van der Waals surface area contributed by atoms with Gasteiger partial charge in [-0.25, -0.2) is 8.42 Å². The molecule has 0 aliphatic carbocycles. The van der Waals surface area contributed by atoms with E-state index in [0.717, 1.165) is 0 Å². The van der Waals surface area contributed by atoms with Gasteiger partial charge in [0.05, 0.1) is 13.2 Å². The first-order valence-corrected chi connectivity index (χ1v) is 4.58. The molecule has 2 unspecified atom stereocenters. The summed E-state index contributed by atoms with van der Waals surface area (Å²) in [6, 6.07) is 0. The standard InChI is InChI=1S/C2H4O4S2/c3-7-5-1-2-6-8(7)4/h1-2H2. The molecule has 0 N–H and O–H groups in total. The summed E-state index contributed by atoms with van der Waals surface area (Å²) in [5.74, 6) is 0. The number of rotatable bonds is 0. The lowest BCUT2D eigenvalue weighted by molar-refractivity contribution is 0.235. The molecule has 48 valence electrons. The van der Waals surface area contributed by atoms with Crippen LogP contribution in [0.5, 0.6) is 0 Å². The lowest BCUT2D eigenvalue weighted by atomic mass is 10.8. The van der Waals surface area contributed by atoms with Crippen LogP contribution >= 0.6 is 0 Å². The molecule has 1 heterocycles. The Kier molecular flexibility index (Phi) is 2.12. The normalized spacial score (nSPS) is 39.5. The summed E-state index contributed by atoms with van der Waals surface area (Å²) in [5, 5.41) is 0. The first kappa shape index (κ1) is 6.34. The van der Waals surface area contributed by atoms with Crippen molar-refractivity contribution < 1.29 is 16.8 Å². The maximum atomic E-state index is 10.3. The van der Waals surface area contributed by atoms with Crippen LogP contribution in [0.2, 0.25) is 0 Å². The highest BCUT2D eigenvalue weighted by molar-refractivity contribution is 8.57. The Labute approximate surface area is 50.9 Å². The molecule has 0 spiro atoms. The zero-order valence-electron chi connectivity index (χ0n) is 3.86. The summed E-state index contributed by atoms with van der Waals surface area (Å²) >= 11 is 0. The van der Waals surface area contributed by atoms with Crippen molar-refractivity contribution in [2.75, 3.05) is 13.2 Å². The molecular weight excluding hydrogens is 152 g/mol. The van der Waals surface area contributed by atoms with Crippen molar-refractivity contribution >= 4 is 20.2 Å². The zero-order chi connectivity index (χ0) is 5.98. The summed E-state index contributed by atoms with van der Waals surface area (Å²) in [6.07, 6.45) is 0. The van der Waals surface area contributed by atoms with E-state index < -0.39 is 20.2 Å². The Bertz CT molecular complexity index is 116. The predicted molar refractivity (Wildman–Crippen MR) is 28.2 cm³/mol. The van der Waals surface area contributed by atoms with Crippen LogP contribution in [0, 0.1) is 0 Å². The van der Waals surface area contributed by atoms with Crippen molar-refractivity contribution in [3.8, 4) is 0 Å². The van der Waals surface area contributed by atoms with Gasteiger partial charge in [-0.2, -0.15) is 0 Å². The van der Waals surface area contributed by atoms with Crippen molar-refractivity contribution in [2.24, 2.45) is 0 Å². The molecule has 0 aromatic heterocycles. The Morgan fingerprint density at radius 2 is 1.38 bits per heavy atom. The minimum absolute atomic E-state index is 0.262. The summed E-state index contributed by atoms with van der Waals surface area (Å²) in [6.45, 7) is 0.525. The van der Waals surface area contributed by atoms with Crippen molar-refractivity contribution in [1.82, 2.24) is 0 Å². The van der Waals surface area contributed by atoms with E-state index in [2.05, 4.69) is 8.37 Å². The second-order valence-corrected chi connectivity index (χ2v) is 3.97. The summed E-state index contributed by atoms with van der Waals surface area (Å²) in [7, 11) is -3.47. The van der Waals surface area contributed by atoms with E-state index in [-0.39, 0.29) is 13.2 Å². The molecule has 0 saturated carbocycles. The molecule has 1 aliphatic rings. The molecule has 1 saturated heterocycles. The first-order chi connectivity index (χ1) is 3.80. The quantitative estimate of drug-likeness (QED) is 0.434. The maximum Gasteiger partial charge on any atom is 0.277 e. The molecule has 0 bridgehead atoms. The van der Waals surface area contributed by atoms with Gasteiger partial charge in [0.1, 0.15) is 0 Å². The Balaban J connectivity index is 2.52. The SMILES string of the molecule is O=S1OCCOS1=O. The molecule has 0 radical (unpaired) electrons. The molecule has 4 nitrogen and oxygen atoms in total. The lowest BCUT2D eigenvalue weighted by Crippen LogP contribution is -2.18. The highest BCUT2D eigenvalue weighted by Crippen LogP contribution is 2.01. The first-order valence-electron chi connectivity index (χ1n) is 1.91. The fourth-order valence-electron chi connectivity index (χ4n) is 0.283. The third-order valence-corrected chi connectivity index (χ3v) is 2.74. The third kappa shape index (κ3) is 1.35. The van der Waals surface area contributed by atoms with Crippen molar-refractivity contribution in [1.29, 1.82) is 0 Å². The monoisotopic (exact) mass is 156 g/mol. The average molecular weight is 156 g/mol. The summed E-state index contributed by atoms with van der Waals surface area (Å²) < 4.78 is 29.4. The predicted octanol–water partition coefficient (Wildman–Crippen LogP) is -0.724. The van der Waals surface area contributed by atoms with Gasteiger partial charge in [-0.15, -0.1) is 0 Å². The van der Waals surface area contributed by atoms with Gasteiger partial charge >= 0.3 is 0 Å². The van der Waals surface area contributed by atoms with Gasteiger partial charge in [0.15, 0.2) is 0 Å². The van der Waals surface area contributed by atoms with Crippen molar-refractivity contribution in [3.63, 3.8) is 0 Å². The highest BCUT2D eigenvalue weighted by atomic mass is 33.2. The maximum absolute atomic E-state index is 10.3. The van der Waals surface area contributed by atoms with E-state index in [9.17, 15) is 8.42 Å². The molecule has 1 rings (SSSR count). The fraction of sp³-hybridized carbons (Fsp3) is 1.00. The van der Waals surface area contributed by atoms with Crippen LogP contribution in [-0.4, -0.2) is 21.6 Å². The molecule has 2 atom stereocenters. The smallest absolute Gasteiger partial charge is 0.276 e. The molecule has 0 aromatic rings. The number of hydrogen-bond acceptors (Lipinski definition) is 4. The Morgan fingerprint density at radius 3 is 1.62 bits per heavy atom. The van der Waals surface area contributed by atoms with Crippen LogP contribution in [-0.2, 0) is 28.6 Å². The van der Waals surface area contributed by atoms with Gasteiger partial charge in [0, 0.05) is 0 Å². The average Bonchev–Trinajstić information content (AvgIpc) is 1.77. The van der Waals surface area contributed by atoms with Gasteiger partial charge in [-0.1, -0.05) is 0 Å². The lowest BCUT2D eigenvalue weighted by Gasteiger charge is -2.07. The van der Waals surface area contributed by atoms with Crippen LogP contribution in [0.15, 0.2) is 0 Å². The molecule has 8 heavy (non-hydrogen) atoms. The van der Waals surface area contributed by atoms with E-state index in [1.807, 2.05) is 0 Å². The Morgan fingerprint density at radius 1 is 1.00 bits per heavy atom. The van der Waals surface area contributed by atoms with Gasteiger partial charge in [0.25, 0.3) is 20.2 Å². The summed E-state index contributed by atoms with van der Waals surface area (Å²) in [4.78, 5) is 0. The molecule has 6 heteroatoms. The molecule has 1 aliphatic heterocycles. The van der Waals surface area contributed by atoms with Crippen LogP contribution in [0.25, 0.3) is 0 Å². The van der Waals surface area contributed by atoms with Crippen molar-refractivity contribution in [2.45, 2.75) is 0 Å². The minimum Gasteiger partial charge on any atom is -0.276 e. The van der Waals surface area contributed by atoms with E-state index in [0.29, 0.717) is 0 Å². The van der Waals surface area contributed by atoms with Crippen LogP contribution in [0.3, 0.4) is 0 Å². The number of hydrogen-bond donors (Lipinski definition) is 0. The second kappa shape index (κ2) is 2.67. The van der Waals surface area contributed by atoms with Crippen LogP contribution in [0.4, 0.5) is 0 Å². The molecular formula is C2H4O4S2. The largest absolute Gasteiger partial charge is 0.277 e. The van der Waals surface area contributed by atoms with E-state index in [1.54, 1.807) is 0 Å². The summed E-state index contributed by atoms with van der Waals surface area (Å²) in [5.41, 5.74) is 0. The van der Waals surface area contributed by atoms with E-state index in [1.165, 1.54) is 0 Å². The topological polar surface area (TPSA) is 52.6 Å². The zero-order valence-corrected chi connectivity index (χ0v) is 5.50.